The third kappa shape index (κ3) is 2.52. The summed E-state index contributed by atoms with van der Waals surface area (Å²) in [5.74, 6) is 1.98. The van der Waals surface area contributed by atoms with Gasteiger partial charge in [0.2, 0.25) is 0 Å². The van der Waals surface area contributed by atoms with E-state index in [1.54, 1.807) is 0 Å². The second kappa shape index (κ2) is 6.11. The molecular weight excluding hydrogens is 284 g/mol. The lowest BCUT2D eigenvalue weighted by Crippen LogP contribution is -2.28. The number of rotatable bonds is 4. The van der Waals surface area contributed by atoms with Crippen LogP contribution in [0.5, 0.6) is 11.5 Å². The molecule has 2 heterocycles. The molecule has 0 fully saturated rings. The summed E-state index contributed by atoms with van der Waals surface area (Å²) in [7, 11) is 0. The fourth-order valence-corrected chi connectivity index (χ4v) is 3.61. The average molecular weight is 306 g/mol. The van der Waals surface area contributed by atoms with Crippen molar-refractivity contribution in [3.8, 4) is 11.5 Å². The molecule has 0 unspecified atom stereocenters. The quantitative estimate of drug-likeness (QED) is 0.711. The first-order valence-electron chi connectivity index (χ1n) is 8.59. The molecule has 0 amide bonds. The van der Waals surface area contributed by atoms with Gasteiger partial charge in [-0.25, -0.2) is 0 Å². The van der Waals surface area contributed by atoms with Crippen LogP contribution in [0.25, 0.3) is 11.1 Å². The second-order valence-corrected chi connectivity index (χ2v) is 6.28. The van der Waals surface area contributed by atoms with Crippen molar-refractivity contribution >= 4 is 11.1 Å². The van der Waals surface area contributed by atoms with Crippen molar-refractivity contribution in [3.63, 3.8) is 0 Å². The number of fused-ring (bicyclic) bond motifs is 4. The summed E-state index contributed by atoms with van der Waals surface area (Å²) in [5.41, 5.74) is 5.02. The Hall–Kier alpha value is -2.22. The van der Waals surface area contributed by atoms with Gasteiger partial charge in [0.15, 0.2) is 0 Å². The summed E-state index contributed by atoms with van der Waals surface area (Å²) >= 11 is 0. The molecule has 0 spiro atoms. The van der Waals surface area contributed by atoms with E-state index in [9.17, 15) is 0 Å². The van der Waals surface area contributed by atoms with E-state index in [0.717, 1.165) is 17.9 Å². The van der Waals surface area contributed by atoms with E-state index >= 15 is 0 Å². The lowest BCUT2D eigenvalue weighted by atomic mass is 9.85. The Bertz CT molecular complexity index is 745. The number of hydrogen-bond donors (Lipinski definition) is 0. The number of ether oxygens (including phenoxy) is 2. The third-order valence-electron chi connectivity index (χ3n) is 4.75. The summed E-state index contributed by atoms with van der Waals surface area (Å²) in [6.07, 6.45) is 4.88. The molecule has 23 heavy (non-hydrogen) atoms. The van der Waals surface area contributed by atoms with Crippen molar-refractivity contribution in [2.75, 3.05) is 6.61 Å². The molecule has 0 N–H and O–H groups in total. The summed E-state index contributed by atoms with van der Waals surface area (Å²) in [6, 6.07) is 16.7. The highest BCUT2D eigenvalue weighted by Crippen LogP contribution is 2.46. The van der Waals surface area contributed by atoms with Gasteiger partial charge in [0.1, 0.15) is 24.2 Å². The molecule has 2 aliphatic rings. The third-order valence-corrected chi connectivity index (χ3v) is 4.75. The monoisotopic (exact) mass is 306 g/mol. The Morgan fingerprint density at radius 2 is 1.65 bits per heavy atom. The van der Waals surface area contributed by atoms with Gasteiger partial charge >= 0.3 is 0 Å². The lowest BCUT2D eigenvalue weighted by Gasteiger charge is -2.35. The first-order chi connectivity index (χ1) is 11.4. The maximum absolute atomic E-state index is 6.39. The van der Waals surface area contributed by atoms with Crippen molar-refractivity contribution < 1.29 is 9.47 Å². The lowest BCUT2D eigenvalue weighted by molar-refractivity contribution is 0.233. The molecular formula is C21H22O2. The van der Waals surface area contributed by atoms with Crippen LogP contribution < -0.4 is 9.47 Å². The van der Waals surface area contributed by atoms with Gasteiger partial charge in [0.05, 0.1) is 0 Å². The van der Waals surface area contributed by atoms with E-state index in [1.165, 1.54) is 41.5 Å². The molecule has 1 atom stereocenters. The van der Waals surface area contributed by atoms with E-state index < -0.39 is 0 Å². The van der Waals surface area contributed by atoms with E-state index in [4.69, 9.17) is 9.47 Å². The molecule has 2 aliphatic heterocycles. The molecule has 2 heteroatoms. The van der Waals surface area contributed by atoms with Gasteiger partial charge < -0.3 is 9.47 Å². The van der Waals surface area contributed by atoms with Crippen LogP contribution in [0.2, 0.25) is 0 Å². The summed E-state index contributed by atoms with van der Waals surface area (Å²) < 4.78 is 12.4. The van der Waals surface area contributed by atoms with Crippen molar-refractivity contribution in [3.05, 3.63) is 59.7 Å². The van der Waals surface area contributed by atoms with Crippen molar-refractivity contribution in [2.45, 2.75) is 38.7 Å². The largest absolute Gasteiger partial charge is 0.488 e. The average Bonchev–Trinajstić information content (AvgIpc) is 2.61. The highest BCUT2D eigenvalue weighted by Gasteiger charge is 2.33. The van der Waals surface area contributed by atoms with Gasteiger partial charge in [-0.15, -0.1) is 0 Å². The predicted molar refractivity (Wildman–Crippen MR) is 93.8 cm³/mol. The minimum Gasteiger partial charge on any atom is -0.488 e. The van der Waals surface area contributed by atoms with Crippen LogP contribution in [0.3, 0.4) is 0 Å². The Kier molecular flexibility index (Phi) is 3.82. The predicted octanol–water partition coefficient (Wildman–Crippen LogP) is 5.33. The molecule has 0 aliphatic carbocycles. The number of hydrogen-bond acceptors (Lipinski definition) is 2. The molecule has 0 saturated heterocycles. The standard InChI is InChI=1S/C21H22O2/c1-2-3-4-13-20-21-16-10-6-7-11-18(16)22-14-17(21)15-9-5-8-12-19(15)23-20/h5-12,20H,2-4,13-14H2,1H3/t20-/m0/s1. The maximum atomic E-state index is 6.39. The van der Waals surface area contributed by atoms with Gasteiger partial charge in [0.25, 0.3) is 0 Å². The maximum Gasteiger partial charge on any atom is 0.127 e. The van der Waals surface area contributed by atoms with Crippen LogP contribution in [0.15, 0.2) is 48.5 Å². The van der Waals surface area contributed by atoms with E-state index in [2.05, 4.69) is 43.3 Å². The topological polar surface area (TPSA) is 18.5 Å². The zero-order valence-electron chi connectivity index (χ0n) is 13.5. The molecule has 2 nitrogen and oxygen atoms in total. The van der Waals surface area contributed by atoms with E-state index in [1.807, 2.05) is 12.1 Å². The van der Waals surface area contributed by atoms with Crippen molar-refractivity contribution in [1.82, 2.24) is 0 Å². The number of benzene rings is 2. The molecule has 0 aromatic heterocycles. The van der Waals surface area contributed by atoms with Gasteiger partial charge in [0, 0.05) is 22.3 Å². The minimum atomic E-state index is 0.136. The van der Waals surface area contributed by atoms with Gasteiger partial charge in [-0.1, -0.05) is 56.2 Å². The molecule has 0 saturated carbocycles. The van der Waals surface area contributed by atoms with Crippen molar-refractivity contribution in [2.24, 2.45) is 0 Å². The van der Waals surface area contributed by atoms with Gasteiger partial charge in [-0.05, 0) is 25.0 Å². The molecule has 2 aromatic carbocycles. The summed E-state index contributed by atoms with van der Waals surface area (Å²) in [5, 5.41) is 0. The zero-order chi connectivity index (χ0) is 15.6. The molecule has 2 aromatic rings. The smallest absolute Gasteiger partial charge is 0.127 e. The Morgan fingerprint density at radius 1 is 0.913 bits per heavy atom. The van der Waals surface area contributed by atoms with E-state index in [-0.39, 0.29) is 6.10 Å². The van der Waals surface area contributed by atoms with Crippen LogP contribution in [0.4, 0.5) is 0 Å². The van der Waals surface area contributed by atoms with Crippen LogP contribution in [-0.4, -0.2) is 12.7 Å². The fourth-order valence-electron chi connectivity index (χ4n) is 3.61. The Morgan fingerprint density at radius 3 is 2.48 bits per heavy atom. The van der Waals surface area contributed by atoms with Gasteiger partial charge in [-0.2, -0.15) is 0 Å². The number of para-hydroxylation sites is 2. The first kappa shape index (κ1) is 14.4. The molecule has 118 valence electrons. The number of unbranched alkanes of at least 4 members (excludes halogenated alkanes) is 2. The summed E-state index contributed by atoms with van der Waals surface area (Å²) in [4.78, 5) is 0. The fraction of sp³-hybridized carbons (Fsp3) is 0.333. The summed E-state index contributed by atoms with van der Waals surface area (Å²) in [6.45, 7) is 2.88. The van der Waals surface area contributed by atoms with Crippen LogP contribution >= 0.6 is 0 Å². The van der Waals surface area contributed by atoms with Crippen LogP contribution in [0, 0.1) is 0 Å². The van der Waals surface area contributed by atoms with Gasteiger partial charge in [-0.3, -0.25) is 0 Å². The Labute approximate surface area is 137 Å². The molecule has 4 rings (SSSR count). The minimum absolute atomic E-state index is 0.136. The van der Waals surface area contributed by atoms with Crippen LogP contribution in [-0.2, 0) is 0 Å². The Balaban J connectivity index is 1.81. The molecule has 0 bridgehead atoms. The highest BCUT2D eigenvalue weighted by atomic mass is 16.5. The van der Waals surface area contributed by atoms with E-state index in [0.29, 0.717) is 6.61 Å². The highest BCUT2D eigenvalue weighted by molar-refractivity contribution is 5.98. The van der Waals surface area contributed by atoms with Crippen LogP contribution in [0.1, 0.15) is 43.7 Å². The second-order valence-electron chi connectivity index (χ2n) is 6.28. The first-order valence-corrected chi connectivity index (χ1v) is 8.59. The van der Waals surface area contributed by atoms with Crippen molar-refractivity contribution in [1.29, 1.82) is 0 Å². The SMILES string of the molecule is CCCCC[C@@H]1Oc2ccccc2C2=C1c1ccccc1OC2. The zero-order valence-corrected chi connectivity index (χ0v) is 13.5. The normalized spacial score (nSPS) is 18.4. The molecule has 0 radical (unpaired) electrons.